The van der Waals surface area contributed by atoms with Crippen molar-refractivity contribution in [3.63, 3.8) is 0 Å². The maximum Gasteiger partial charge on any atom is 0.325 e. The Labute approximate surface area is 146 Å². The predicted octanol–water partition coefficient (Wildman–Crippen LogP) is 1.53. The summed E-state index contributed by atoms with van der Waals surface area (Å²) in [5.74, 6) is -1.31. The van der Waals surface area contributed by atoms with Gasteiger partial charge in [0.2, 0.25) is 5.91 Å². The first-order valence-corrected chi connectivity index (χ1v) is 8.14. The maximum atomic E-state index is 11.8. The van der Waals surface area contributed by atoms with Gasteiger partial charge >= 0.3 is 5.97 Å². The number of carbonyl (C=O) groups excluding carboxylic acids is 1. The molecule has 1 aliphatic heterocycles. The van der Waals surface area contributed by atoms with Crippen LogP contribution >= 0.6 is 0 Å². The molecule has 0 saturated carbocycles. The molecule has 0 bridgehead atoms. The van der Waals surface area contributed by atoms with Gasteiger partial charge < -0.3 is 15.7 Å². The van der Waals surface area contributed by atoms with Gasteiger partial charge in [-0.25, -0.2) is 0 Å². The van der Waals surface area contributed by atoms with Crippen LogP contribution in [0.3, 0.4) is 0 Å². The lowest BCUT2D eigenvalue weighted by Crippen LogP contribution is -2.49. The molecule has 2 aromatic carbocycles. The van der Waals surface area contributed by atoms with E-state index in [-0.39, 0.29) is 0 Å². The minimum absolute atomic E-state index is 0.448. The molecule has 3 rings (SSSR count). The number of piperazine rings is 1. The molecule has 6 nitrogen and oxygen atoms in total. The number of nitrogens with zero attached hydrogens (tertiary/aromatic N) is 2. The van der Waals surface area contributed by atoms with E-state index in [0.717, 1.165) is 11.3 Å². The summed E-state index contributed by atoms with van der Waals surface area (Å²) in [5, 5.41) is 9.65. The van der Waals surface area contributed by atoms with Gasteiger partial charge in [0.15, 0.2) is 0 Å². The van der Waals surface area contributed by atoms with Crippen molar-refractivity contribution < 1.29 is 14.7 Å². The van der Waals surface area contributed by atoms with Crippen LogP contribution in [0.25, 0.3) is 0 Å². The van der Waals surface area contributed by atoms with Gasteiger partial charge in [-0.05, 0) is 17.7 Å². The summed E-state index contributed by atoms with van der Waals surface area (Å²) in [6.07, 6.45) is 0. The Balaban J connectivity index is 1.71. The van der Waals surface area contributed by atoms with Crippen molar-refractivity contribution in [2.75, 3.05) is 31.1 Å². The van der Waals surface area contributed by atoms with Crippen LogP contribution in [-0.2, 0) is 4.79 Å². The molecule has 1 heterocycles. The molecule has 25 heavy (non-hydrogen) atoms. The summed E-state index contributed by atoms with van der Waals surface area (Å²) in [6.45, 7) is 2.55. The number of carbonyl (C=O) groups is 2. The summed E-state index contributed by atoms with van der Waals surface area (Å²) in [5.41, 5.74) is 7.37. The van der Waals surface area contributed by atoms with Crippen LogP contribution in [0.5, 0.6) is 0 Å². The molecular formula is C19H20N3O3. The molecule has 129 valence electrons. The zero-order chi connectivity index (χ0) is 17.8. The van der Waals surface area contributed by atoms with Gasteiger partial charge in [-0.15, -0.1) is 0 Å². The molecule has 1 radical (unpaired) electrons. The first kappa shape index (κ1) is 17.0. The number of nitrogens with two attached hydrogens (primary N) is 1. The minimum Gasteiger partial charge on any atom is -0.480 e. The fourth-order valence-electron chi connectivity index (χ4n) is 3.16. The number of anilines is 1. The quantitative estimate of drug-likeness (QED) is 0.863. The largest absolute Gasteiger partial charge is 0.480 e. The molecule has 0 aliphatic carbocycles. The predicted molar refractivity (Wildman–Crippen MR) is 94.4 cm³/mol. The molecule has 1 unspecified atom stereocenters. The second-order valence-corrected chi connectivity index (χ2v) is 6.00. The van der Waals surface area contributed by atoms with Gasteiger partial charge in [0.25, 0.3) is 0 Å². The zero-order valence-corrected chi connectivity index (χ0v) is 13.8. The van der Waals surface area contributed by atoms with Crippen molar-refractivity contribution >= 4 is 17.6 Å². The van der Waals surface area contributed by atoms with Crippen LogP contribution in [0.2, 0.25) is 0 Å². The molecule has 1 saturated heterocycles. The van der Waals surface area contributed by atoms with Crippen molar-refractivity contribution in [1.82, 2.24) is 4.90 Å². The van der Waals surface area contributed by atoms with Crippen LogP contribution in [0, 0.1) is 6.07 Å². The molecule has 0 spiro atoms. The third kappa shape index (κ3) is 3.80. The number of amides is 1. The number of hydrogen-bond donors (Lipinski definition) is 2. The summed E-state index contributed by atoms with van der Waals surface area (Å²) < 4.78 is 0. The molecule has 6 heteroatoms. The van der Waals surface area contributed by atoms with Crippen molar-refractivity contribution in [2.24, 2.45) is 5.73 Å². The number of primary amides is 1. The normalized spacial score (nSPS) is 16.4. The lowest BCUT2D eigenvalue weighted by Gasteiger charge is -2.38. The highest BCUT2D eigenvalue weighted by Crippen LogP contribution is 2.24. The Morgan fingerprint density at radius 1 is 1.08 bits per heavy atom. The van der Waals surface area contributed by atoms with Gasteiger partial charge in [-0.3, -0.25) is 14.5 Å². The number of carboxylic acid groups (broad SMARTS) is 1. The molecular weight excluding hydrogens is 318 g/mol. The van der Waals surface area contributed by atoms with E-state index in [1.54, 1.807) is 18.2 Å². The summed E-state index contributed by atoms with van der Waals surface area (Å²) in [6, 6.07) is 16.8. The maximum absolute atomic E-state index is 11.8. The second-order valence-electron chi connectivity index (χ2n) is 6.00. The van der Waals surface area contributed by atoms with E-state index >= 15 is 0 Å². The first-order chi connectivity index (χ1) is 12.1. The van der Waals surface area contributed by atoms with E-state index in [2.05, 4.69) is 11.0 Å². The van der Waals surface area contributed by atoms with Gasteiger partial charge in [-0.2, -0.15) is 0 Å². The van der Waals surface area contributed by atoms with Gasteiger partial charge in [0.1, 0.15) is 6.04 Å². The van der Waals surface area contributed by atoms with Gasteiger partial charge in [-0.1, -0.05) is 36.4 Å². The molecule has 1 amide bonds. The molecule has 1 aliphatic rings. The molecule has 2 aromatic rings. The number of benzene rings is 2. The topological polar surface area (TPSA) is 86.9 Å². The smallest absolute Gasteiger partial charge is 0.325 e. The Bertz CT molecular complexity index is 756. The highest BCUT2D eigenvalue weighted by atomic mass is 16.4. The molecule has 0 aromatic heterocycles. The molecule has 1 fully saturated rings. The van der Waals surface area contributed by atoms with Crippen molar-refractivity contribution in [3.8, 4) is 0 Å². The Kier molecular flexibility index (Phi) is 5.00. The molecule has 1 atom stereocenters. The number of carboxylic acids is 1. The van der Waals surface area contributed by atoms with Gasteiger partial charge in [0.05, 0.1) is 0 Å². The Hall–Kier alpha value is -2.86. The average molecular weight is 338 g/mol. The lowest BCUT2D eigenvalue weighted by molar-refractivity contribution is -0.143. The van der Waals surface area contributed by atoms with Gasteiger partial charge in [0, 0.05) is 43.5 Å². The van der Waals surface area contributed by atoms with Crippen LogP contribution in [0.15, 0.2) is 48.5 Å². The first-order valence-electron chi connectivity index (χ1n) is 8.14. The van der Waals surface area contributed by atoms with E-state index in [1.165, 1.54) is 0 Å². The lowest BCUT2D eigenvalue weighted by atomic mass is 10.0. The van der Waals surface area contributed by atoms with Crippen molar-refractivity contribution in [1.29, 1.82) is 0 Å². The number of hydrogen-bond acceptors (Lipinski definition) is 4. The highest BCUT2D eigenvalue weighted by molar-refractivity contribution is 5.93. The van der Waals surface area contributed by atoms with Crippen LogP contribution in [0.1, 0.15) is 22.0 Å². The Morgan fingerprint density at radius 3 is 2.36 bits per heavy atom. The fraction of sp³-hybridized carbons (Fsp3) is 0.263. The summed E-state index contributed by atoms with van der Waals surface area (Å²) >= 11 is 0. The summed E-state index contributed by atoms with van der Waals surface area (Å²) in [7, 11) is 0. The van der Waals surface area contributed by atoms with E-state index in [0.29, 0.717) is 31.7 Å². The van der Waals surface area contributed by atoms with E-state index in [9.17, 15) is 14.7 Å². The van der Waals surface area contributed by atoms with Crippen LogP contribution in [-0.4, -0.2) is 48.1 Å². The second kappa shape index (κ2) is 7.36. The van der Waals surface area contributed by atoms with Crippen LogP contribution in [0.4, 0.5) is 5.69 Å². The number of rotatable bonds is 5. The minimum atomic E-state index is -0.845. The Morgan fingerprint density at radius 2 is 1.76 bits per heavy atom. The summed E-state index contributed by atoms with van der Waals surface area (Å²) in [4.78, 5) is 27.1. The average Bonchev–Trinajstić information content (AvgIpc) is 2.63. The third-order valence-electron chi connectivity index (χ3n) is 4.44. The third-order valence-corrected chi connectivity index (χ3v) is 4.44. The number of aliphatic carboxylic acids is 1. The van der Waals surface area contributed by atoms with Crippen molar-refractivity contribution in [2.45, 2.75) is 6.04 Å². The van der Waals surface area contributed by atoms with E-state index in [4.69, 9.17) is 5.73 Å². The highest BCUT2D eigenvalue weighted by Gasteiger charge is 2.30. The molecule has 3 N–H and O–H groups in total. The van der Waals surface area contributed by atoms with Crippen molar-refractivity contribution in [3.05, 3.63) is 65.7 Å². The fourth-order valence-corrected chi connectivity index (χ4v) is 3.16. The van der Waals surface area contributed by atoms with E-state index in [1.807, 2.05) is 35.2 Å². The zero-order valence-electron chi connectivity index (χ0n) is 13.8. The van der Waals surface area contributed by atoms with E-state index < -0.39 is 17.9 Å². The monoisotopic (exact) mass is 338 g/mol. The van der Waals surface area contributed by atoms with Crippen LogP contribution < -0.4 is 10.6 Å². The SMILES string of the molecule is NC(=O)c1cc[c]c(N2CCN(C(C(=O)O)c3ccccc3)CC2)c1. The standard InChI is InChI=1S/C19H20N3O3/c20-18(23)15-7-4-8-16(13-15)21-9-11-22(12-10-21)17(19(24)25)14-5-2-1-3-6-14/h1-7,13,17H,9-12H2,(H2,20,23)(H,24,25).